The van der Waals surface area contributed by atoms with Crippen LogP contribution in [0.1, 0.15) is 40.4 Å². The fourth-order valence-corrected chi connectivity index (χ4v) is 1.33. The van der Waals surface area contributed by atoms with Crippen LogP contribution in [0, 0.1) is 0 Å². The summed E-state index contributed by atoms with van der Waals surface area (Å²) >= 11 is 0. The predicted octanol–water partition coefficient (Wildman–Crippen LogP) is 2.07. The molecule has 0 aliphatic rings. The Morgan fingerprint density at radius 2 is 2.05 bits per heavy atom. The zero-order chi connectivity index (χ0) is 14.5. The lowest BCUT2D eigenvalue weighted by molar-refractivity contribution is 0.0513. The van der Waals surface area contributed by atoms with Crippen LogP contribution in [0.3, 0.4) is 0 Å². The highest BCUT2D eigenvalue weighted by Crippen LogP contribution is 2.08. The van der Waals surface area contributed by atoms with Crippen molar-refractivity contribution in [2.24, 2.45) is 0 Å². The molecule has 0 aliphatic heterocycles. The van der Waals surface area contributed by atoms with Crippen molar-refractivity contribution in [3.05, 3.63) is 18.4 Å². The molecule has 0 spiro atoms. The first kappa shape index (κ1) is 15.5. The molecule has 1 heterocycles. The van der Waals surface area contributed by atoms with Gasteiger partial charge in [-0.15, -0.1) is 0 Å². The second-order valence-electron chi connectivity index (χ2n) is 6.06. The number of aromatic nitrogens is 1. The standard InChI is InChI=1S/C13H23N3O3/c1-12(2,3)19-11(17)15-8-13(4,5)16-7-10-6-14-9-18-10/h6,9,16H,7-8H2,1-5H3,(H,15,17). The number of alkyl carbamates (subject to hydrolysis) is 1. The summed E-state index contributed by atoms with van der Waals surface area (Å²) in [6, 6.07) is 0. The summed E-state index contributed by atoms with van der Waals surface area (Å²) in [5, 5.41) is 6.02. The van der Waals surface area contributed by atoms with Crippen molar-refractivity contribution in [3.63, 3.8) is 0 Å². The van der Waals surface area contributed by atoms with Crippen LogP contribution < -0.4 is 10.6 Å². The molecule has 19 heavy (non-hydrogen) atoms. The normalized spacial score (nSPS) is 12.3. The summed E-state index contributed by atoms with van der Waals surface area (Å²) in [7, 11) is 0. The average molecular weight is 269 g/mol. The summed E-state index contributed by atoms with van der Waals surface area (Å²) in [5.41, 5.74) is -0.759. The molecule has 0 unspecified atom stereocenters. The SMILES string of the molecule is CC(C)(CNC(=O)OC(C)(C)C)NCc1cnco1. The highest BCUT2D eigenvalue weighted by Gasteiger charge is 2.21. The van der Waals surface area contributed by atoms with Crippen molar-refractivity contribution in [2.45, 2.75) is 52.3 Å². The van der Waals surface area contributed by atoms with E-state index in [-0.39, 0.29) is 5.54 Å². The molecule has 0 atom stereocenters. The van der Waals surface area contributed by atoms with Crippen molar-refractivity contribution in [1.82, 2.24) is 15.6 Å². The van der Waals surface area contributed by atoms with Crippen LogP contribution in [-0.4, -0.2) is 28.8 Å². The lowest BCUT2D eigenvalue weighted by Gasteiger charge is -2.27. The van der Waals surface area contributed by atoms with Crippen LogP contribution in [0.25, 0.3) is 0 Å². The number of rotatable bonds is 5. The molecule has 1 rings (SSSR count). The molecule has 0 aliphatic carbocycles. The molecule has 2 N–H and O–H groups in total. The molecule has 0 bridgehead atoms. The van der Waals surface area contributed by atoms with Crippen LogP contribution >= 0.6 is 0 Å². The molecule has 1 aromatic rings. The van der Waals surface area contributed by atoms with Crippen LogP contribution in [0.5, 0.6) is 0 Å². The number of hydrogen-bond donors (Lipinski definition) is 2. The molecule has 0 saturated heterocycles. The minimum absolute atomic E-state index is 0.274. The Hall–Kier alpha value is -1.56. The van der Waals surface area contributed by atoms with E-state index in [9.17, 15) is 4.79 Å². The van der Waals surface area contributed by atoms with Gasteiger partial charge in [0.2, 0.25) is 0 Å². The summed E-state index contributed by atoms with van der Waals surface area (Å²) in [5.74, 6) is 0.755. The third-order valence-corrected chi connectivity index (χ3v) is 2.30. The van der Waals surface area contributed by atoms with Crippen LogP contribution in [0.2, 0.25) is 0 Å². The number of nitrogens with zero attached hydrogens (tertiary/aromatic N) is 1. The molecule has 0 radical (unpaired) electrons. The maximum atomic E-state index is 11.5. The molecule has 0 aromatic carbocycles. The first-order chi connectivity index (χ1) is 8.68. The van der Waals surface area contributed by atoms with Gasteiger partial charge in [-0.3, -0.25) is 0 Å². The van der Waals surface area contributed by atoms with Crippen molar-refractivity contribution in [1.29, 1.82) is 0 Å². The van der Waals surface area contributed by atoms with Gasteiger partial charge in [-0.05, 0) is 34.6 Å². The molecule has 1 amide bonds. The number of oxazole rings is 1. The highest BCUT2D eigenvalue weighted by atomic mass is 16.6. The van der Waals surface area contributed by atoms with E-state index in [1.807, 2.05) is 34.6 Å². The summed E-state index contributed by atoms with van der Waals surface area (Å²) in [6.07, 6.45) is 2.63. The number of amides is 1. The Kier molecular flexibility index (Phi) is 4.94. The van der Waals surface area contributed by atoms with Gasteiger partial charge < -0.3 is 19.8 Å². The van der Waals surface area contributed by atoms with Gasteiger partial charge in [-0.1, -0.05) is 0 Å². The average Bonchev–Trinajstić information content (AvgIpc) is 2.74. The first-order valence-corrected chi connectivity index (χ1v) is 6.27. The maximum absolute atomic E-state index is 11.5. The molecular formula is C13H23N3O3. The Labute approximate surface area is 113 Å². The Morgan fingerprint density at radius 1 is 1.37 bits per heavy atom. The van der Waals surface area contributed by atoms with Gasteiger partial charge >= 0.3 is 6.09 Å². The second kappa shape index (κ2) is 6.06. The van der Waals surface area contributed by atoms with E-state index in [4.69, 9.17) is 9.15 Å². The molecule has 1 aromatic heterocycles. The summed E-state index contributed by atoms with van der Waals surface area (Å²) < 4.78 is 10.3. The monoisotopic (exact) mass is 269 g/mol. The van der Waals surface area contributed by atoms with E-state index in [0.29, 0.717) is 13.1 Å². The topological polar surface area (TPSA) is 76.4 Å². The predicted molar refractivity (Wildman–Crippen MR) is 71.7 cm³/mol. The zero-order valence-electron chi connectivity index (χ0n) is 12.2. The summed E-state index contributed by atoms with van der Waals surface area (Å²) in [4.78, 5) is 15.4. The van der Waals surface area contributed by atoms with Crippen LogP contribution in [-0.2, 0) is 11.3 Å². The van der Waals surface area contributed by atoms with Crippen LogP contribution in [0.15, 0.2) is 17.0 Å². The molecule has 0 saturated carbocycles. The third-order valence-electron chi connectivity index (χ3n) is 2.30. The van der Waals surface area contributed by atoms with Crippen molar-refractivity contribution < 1.29 is 13.9 Å². The molecule has 6 nitrogen and oxygen atoms in total. The fourth-order valence-electron chi connectivity index (χ4n) is 1.33. The first-order valence-electron chi connectivity index (χ1n) is 6.27. The largest absolute Gasteiger partial charge is 0.447 e. The maximum Gasteiger partial charge on any atom is 0.407 e. The van der Waals surface area contributed by atoms with Gasteiger partial charge in [-0.2, -0.15) is 0 Å². The lowest BCUT2D eigenvalue weighted by Crippen LogP contribution is -2.49. The van der Waals surface area contributed by atoms with E-state index in [1.54, 1.807) is 6.20 Å². The molecule has 6 heteroatoms. The van der Waals surface area contributed by atoms with Crippen LogP contribution in [0.4, 0.5) is 4.79 Å². The van der Waals surface area contributed by atoms with Gasteiger partial charge in [0.25, 0.3) is 0 Å². The van der Waals surface area contributed by atoms with Crippen molar-refractivity contribution in [3.8, 4) is 0 Å². The minimum atomic E-state index is -0.485. The number of ether oxygens (including phenoxy) is 1. The number of carbonyl (C=O) groups is 1. The quantitative estimate of drug-likeness (QED) is 0.855. The van der Waals surface area contributed by atoms with E-state index in [1.165, 1.54) is 6.39 Å². The molecule has 0 fully saturated rings. The van der Waals surface area contributed by atoms with E-state index >= 15 is 0 Å². The van der Waals surface area contributed by atoms with Crippen molar-refractivity contribution in [2.75, 3.05) is 6.54 Å². The Bertz CT molecular complexity index is 394. The second-order valence-corrected chi connectivity index (χ2v) is 6.06. The number of hydrogen-bond acceptors (Lipinski definition) is 5. The van der Waals surface area contributed by atoms with Gasteiger partial charge in [0.15, 0.2) is 6.39 Å². The minimum Gasteiger partial charge on any atom is -0.447 e. The fraction of sp³-hybridized carbons (Fsp3) is 0.692. The smallest absolute Gasteiger partial charge is 0.407 e. The lowest BCUT2D eigenvalue weighted by atomic mass is 10.1. The Morgan fingerprint density at radius 3 is 2.58 bits per heavy atom. The van der Waals surface area contributed by atoms with Gasteiger partial charge in [0.1, 0.15) is 11.4 Å². The molecule has 108 valence electrons. The highest BCUT2D eigenvalue weighted by molar-refractivity contribution is 5.67. The van der Waals surface area contributed by atoms with Crippen molar-refractivity contribution >= 4 is 6.09 Å². The van der Waals surface area contributed by atoms with E-state index in [2.05, 4.69) is 15.6 Å². The van der Waals surface area contributed by atoms with Gasteiger partial charge in [0, 0.05) is 12.1 Å². The number of carbonyl (C=O) groups excluding carboxylic acids is 1. The van der Waals surface area contributed by atoms with E-state index < -0.39 is 11.7 Å². The van der Waals surface area contributed by atoms with E-state index in [0.717, 1.165) is 5.76 Å². The summed E-state index contributed by atoms with van der Waals surface area (Å²) in [6.45, 7) is 10.5. The zero-order valence-corrected chi connectivity index (χ0v) is 12.2. The Balaban J connectivity index is 2.32. The van der Waals surface area contributed by atoms with Gasteiger partial charge in [0.05, 0.1) is 12.7 Å². The number of nitrogens with one attached hydrogen (secondary N) is 2. The molecular weight excluding hydrogens is 246 g/mol. The third kappa shape index (κ3) is 6.81. The van der Waals surface area contributed by atoms with Gasteiger partial charge in [-0.25, -0.2) is 9.78 Å².